The van der Waals surface area contributed by atoms with Crippen LogP contribution in [-0.2, 0) is 0 Å². The van der Waals surface area contributed by atoms with Crippen LogP contribution >= 0.6 is 0 Å². The summed E-state index contributed by atoms with van der Waals surface area (Å²) in [5.74, 6) is 1.09. The van der Waals surface area contributed by atoms with Gasteiger partial charge in [0.1, 0.15) is 17.5 Å². The van der Waals surface area contributed by atoms with E-state index in [2.05, 4.69) is 10.3 Å². The summed E-state index contributed by atoms with van der Waals surface area (Å²) in [4.78, 5) is 6.42. The lowest BCUT2D eigenvalue weighted by Crippen LogP contribution is -2.27. The van der Waals surface area contributed by atoms with Crippen molar-refractivity contribution < 1.29 is 8.78 Å². The number of halogens is 2. The third-order valence-electron chi connectivity index (χ3n) is 5.16. The average Bonchev–Trinajstić information content (AvgIpc) is 3.42. The number of rotatable bonds is 5. The normalized spacial score (nSPS) is 19.4. The predicted molar refractivity (Wildman–Crippen MR) is 100 cm³/mol. The van der Waals surface area contributed by atoms with Crippen LogP contribution in [0.4, 0.5) is 26.1 Å². The molecule has 1 saturated heterocycles. The molecule has 1 aliphatic carbocycles. The third kappa shape index (κ3) is 3.58. The van der Waals surface area contributed by atoms with Gasteiger partial charge in [-0.3, -0.25) is 0 Å². The van der Waals surface area contributed by atoms with E-state index in [1.54, 1.807) is 0 Å². The zero-order chi connectivity index (χ0) is 19.0. The van der Waals surface area contributed by atoms with Gasteiger partial charge in [0.25, 0.3) is 6.43 Å². The highest BCUT2D eigenvalue weighted by Crippen LogP contribution is 2.44. The Balaban J connectivity index is 1.76. The molecule has 0 radical (unpaired) electrons. The first kappa shape index (κ1) is 17.7. The number of nitriles is 1. The molecule has 7 heteroatoms. The molecule has 2 heterocycles. The molecule has 27 heavy (non-hydrogen) atoms. The lowest BCUT2D eigenvalue weighted by Gasteiger charge is -2.21. The number of aromatic nitrogens is 1. The van der Waals surface area contributed by atoms with Crippen LogP contribution in [0.25, 0.3) is 0 Å². The van der Waals surface area contributed by atoms with E-state index >= 15 is 0 Å². The number of hydrogen-bond acceptors (Lipinski definition) is 5. The number of benzene rings is 1. The summed E-state index contributed by atoms with van der Waals surface area (Å²) < 4.78 is 27.3. The van der Waals surface area contributed by atoms with Gasteiger partial charge in [-0.25, -0.2) is 13.8 Å². The Kier molecular flexibility index (Phi) is 4.66. The largest absolute Gasteiger partial charge is 0.355 e. The van der Waals surface area contributed by atoms with E-state index in [0.717, 1.165) is 30.5 Å². The number of para-hydroxylation sites is 1. The third-order valence-corrected chi connectivity index (χ3v) is 5.16. The van der Waals surface area contributed by atoms with Crippen molar-refractivity contribution in [3.05, 3.63) is 47.0 Å². The van der Waals surface area contributed by atoms with E-state index < -0.39 is 6.43 Å². The summed E-state index contributed by atoms with van der Waals surface area (Å²) in [6.45, 7) is 1.24. The highest BCUT2D eigenvalue weighted by atomic mass is 19.3. The first-order chi connectivity index (χ1) is 13.1. The summed E-state index contributed by atoms with van der Waals surface area (Å²) in [7, 11) is 0. The van der Waals surface area contributed by atoms with Crippen molar-refractivity contribution in [2.75, 3.05) is 23.3 Å². The molecule has 0 unspecified atom stereocenters. The van der Waals surface area contributed by atoms with Gasteiger partial charge in [0.15, 0.2) is 5.82 Å². The SMILES string of the molecule is N#Cc1c(C(F)F)cc(N2CC[C@@H](N)C2)nc1Nc1ccccc1C1CC1. The smallest absolute Gasteiger partial charge is 0.265 e. The van der Waals surface area contributed by atoms with Crippen LogP contribution < -0.4 is 16.0 Å². The summed E-state index contributed by atoms with van der Waals surface area (Å²) in [5.41, 5.74) is 7.50. The zero-order valence-corrected chi connectivity index (χ0v) is 14.8. The predicted octanol–water partition coefficient (Wildman–Crippen LogP) is 4.05. The monoisotopic (exact) mass is 369 g/mol. The number of hydrogen-bond donors (Lipinski definition) is 2. The number of nitrogens with two attached hydrogens (primary N) is 1. The topological polar surface area (TPSA) is 78.0 Å². The highest BCUT2D eigenvalue weighted by Gasteiger charge is 2.28. The fourth-order valence-corrected chi connectivity index (χ4v) is 3.58. The van der Waals surface area contributed by atoms with E-state index in [1.165, 1.54) is 6.07 Å². The lowest BCUT2D eigenvalue weighted by atomic mass is 10.1. The van der Waals surface area contributed by atoms with Crippen molar-refractivity contribution in [2.24, 2.45) is 5.73 Å². The van der Waals surface area contributed by atoms with E-state index in [0.29, 0.717) is 24.8 Å². The van der Waals surface area contributed by atoms with E-state index in [9.17, 15) is 14.0 Å². The molecule has 2 fully saturated rings. The summed E-state index contributed by atoms with van der Waals surface area (Å²) in [5, 5.41) is 12.7. The molecule has 5 nitrogen and oxygen atoms in total. The van der Waals surface area contributed by atoms with Crippen molar-refractivity contribution >= 4 is 17.3 Å². The molecule has 1 aliphatic heterocycles. The molecule has 1 atom stereocenters. The minimum absolute atomic E-state index is 0.00412. The Hall–Kier alpha value is -2.72. The molecule has 3 N–H and O–H groups in total. The Morgan fingerprint density at radius 3 is 2.67 bits per heavy atom. The average molecular weight is 369 g/mol. The maximum Gasteiger partial charge on any atom is 0.265 e. The van der Waals surface area contributed by atoms with Gasteiger partial charge in [-0.1, -0.05) is 18.2 Å². The van der Waals surface area contributed by atoms with Crippen molar-refractivity contribution in [3.63, 3.8) is 0 Å². The molecular weight excluding hydrogens is 348 g/mol. The van der Waals surface area contributed by atoms with Gasteiger partial charge in [-0.15, -0.1) is 0 Å². The van der Waals surface area contributed by atoms with Gasteiger partial charge in [-0.2, -0.15) is 5.26 Å². The van der Waals surface area contributed by atoms with Crippen LogP contribution in [0.2, 0.25) is 0 Å². The molecule has 0 amide bonds. The number of anilines is 3. The molecule has 0 spiro atoms. The van der Waals surface area contributed by atoms with E-state index in [-0.39, 0.29) is 23.0 Å². The van der Waals surface area contributed by atoms with Crippen molar-refractivity contribution in [1.29, 1.82) is 5.26 Å². The molecular formula is C20H21F2N5. The summed E-state index contributed by atoms with van der Waals surface area (Å²) >= 11 is 0. The maximum absolute atomic E-state index is 13.6. The summed E-state index contributed by atoms with van der Waals surface area (Å²) in [6, 6.07) is 11.0. The van der Waals surface area contributed by atoms with Crippen molar-refractivity contribution in [3.8, 4) is 6.07 Å². The Morgan fingerprint density at radius 2 is 2.04 bits per heavy atom. The fourth-order valence-electron chi connectivity index (χ4n) is 3.58. The quantitative estimate of drug-likeness (QED) is 0.831. The van der Waals surface area contributed by atoms with Crippen LogP contribution in [-0.4, -0.2) is 24.1 Å². The van der Waals surface area contributed by atoms with Gasteiger partial charge in [0.2, 0.25) is 0 Å². The minimum Gasteiger partial charge on any atom is -0.355 e. The first-order valence-corrected chi connectivity index (χ1v) is 9.16. The van der Waals surface area contributed by atoms with Crippen molar-refractivity contribution in [1.82, 2.24) is 4.98 Å². The zero-order valence-electron chi connectivity index (χ0n) is 14.8. The van der Waals surface area contributed by atoms with Crippen LogP contribution in [0.5, 0.6) is 0 Å². The second kappa shape index (κ2) is 7.12. The molecule has 140 valence electrons. The fraction of sp³-hybridized carbons (Fsp3) is 0.400. The molecule has 1 aromatic carbocycles. The van der Waals surface area contributed by atoms with Crippen LogP contribution in [0.15, 0.2) is 30.3 Å². The minimum atomic E-state index is -2.75. The first-order valence-electron chi connectivity index (χ1n) is 9.16. The highest BCUT2D eigenvalue weighted by molar-refractivity contribution is 5.70. The molecule has 1 aromatic heterocycles. The Labute approximate surface area is 156 Å². The Morgan fingerprint density at radius 1 is 1.26 bits per heavy atom. The second-order valence-corrected chi connectivity index (χ2v) is 7.19. The van der Waals surface area contributed by atoms with Crippen LogP contribution in [0, 0.1) is 11.3 Å². The maximum atomic E-state index is 13.6. The van der Waals surface area contributed by atoms with Crippen molar-refractivity contribution in [2.45, 2.75) is 37.6 Å². The molecule has 2 aliphatic rings. The van der Waals surface area contributed by atoms with Crippen LogP contribution in [0.3, 0.4) is 0 Å². The van der Waals surface area contributed by atoms with E-state index in [4.69, 9.17) is 5.73 Å². The van der Waals surface area contributed by atoms with Gasteiger partial charge in [-0.05, 0) is 42.9 Å². The number of alkyl halides is 2. The van der Waals surface area contributed by atoms with Gasteiger partial charge >= 0.3 is 0 Å². The second-order valence-electron chi connectivity index (χ2n) is 7.19. The standard InChI is InChI=1S/C20H21F2N5/c21-19(22)15-9-18(27-8-7-13(24)11-27)26-20(16(15)10-23)25-17-4-2-1-3-14(17)12-5-6-12/h1-4,9,12-13,19H,5-8,11,24H2,(H,25,26)/t13-/m1/s1. The molecule has 1 saturated carbocycles. The number of nitrogens with one attached hydrogen (secondary N) is 1. The summed E-state index contributed by atoms with van der Waals surface area (Å²) in [6.07, 6.45) is 0.270. The Bertz CT molecular complexity index is 888. The van der Waals surface area contributed by atoms with Gasteiger partial charge in [0, 0.05) is 30.4 Å². The molecule has 0 bridgehead atoms. The van der Waals surface area contributed by atoms with Crippen LogP contribution in [0.1, 0.15) is 48.3 Å². The number of nitrogens with zero attached hydrogens (tertiary/aromatic N) is 3. The molecule has 2 aromatic rings. The number of pyridine rings is 1. The lowest BCUT2D eigenvalue weighted by molar-refractivity contribution is 0.151. The van der Waals surface area contributed by atoms with Gasteiger partial charge < -0.3 is 16.0 Å². The van der Waals surface area contributed by atoms with Gasteiger partial charge in [0.05, 0.1) is 0 Å². The van der Waals surface area contributed by atoms with E-state index in [1.807, 2.05) is 35.2 Å². The molecule has 4 rings (SSSR count).